The molecule has 9 aromatic rings. The fraction of sp³-hybridized carbons (Fsp3) is 0. The van der Waals surface area contributed by atoms with Crippen LogP contribution in [-0.2, 0) is 0 Å². The van der Waals surface area contributed by atoms with Crippen LogP contribution in [0.4, 0.5) is 0 Å². The smallest absolute Gasteiger partial charge is 0.00928 e. The number of benzene rings is 9. The molecule has 0 fully saturated rings. The molecule has 0 amide bonds. The zero-order chi connectivity index (χ0) is 30.5. The lowest BCUT2D eigenvalue weighted by molar-refractivity contribution is 1.57. The van der Waals surface area contributed by atoms with Gasteiger partial charge in [-0.25, -0.2) is 0 Å². The highest BCUT2D eigenvalue weighted by Gasteiger charge is 2.13. The van der Waals surface area contributed by atoms with Crippen molar-refractivity contribution in [2.75, 3.05) is 0 Å². The molecule has 46 heavy (non-hydrogen) atoms. The molecule has 0 aliphatic rings. The molecular weight excluding hydrogens is 553 g/mol. The van der Waals surface area contributed by atoms with Crippen molar-refractivity contribution in [3.05, 3.63) is 182 Å². The number of hydrogen-bond donors (Lipinski definition) is 0. The predicted octanol–water partition coefficient (Wildman–Crippen LogP) is 13.0. The van der Waals surface area contributed by atoms with Gasteiger partial charge in [0.1, 0.15) is 0 Å². The van der Waals surface area contributed by atoms with Gasteiger partial charge in [0.25, 0.3) is 0 Å². The van der Waals surface area contributed by atoms with E-state index in [9.17, 15) is 0 Å². The van der Waals surface area contributed by atoms with Gasteiger partial charge >= 0.3 is 0 Å². The minimum absolute atomic E-state index is 1.22. The molecule has 9 rings (SSSR count). The standard InChI is InChI=1S/C46H30/c1-3-12-31(13-4-1)36-26-37(32-14-5-2-6-15-32)28-38(27-36)34-22-24-43-44-25-23-35(40-21-11-17-33-16-7-8-18-39(33)40)30-46(44)42-20-10-9-19-41(42)45(43)29-34/h1-30H. The van der Waals surface area contributed by atoms with Gasteiger partial charge in [-0.05, 0) is 118 Å². The third-order valence-corrected chi connectivity index (χ3v) is 9.42. The summed E-state index contributed by atoms with van der Waals surface area (Å²) in [7, 11) is 0. The van der Waals surface area contributed by atoms with Crippen molar-refractivity contribution < 1.29 is 0 Å². The van der Waals surface area contributed by atoms with Crippen LogP contribution >= 0.6 is 0 Å². The summed E-state index contributed by atoms with van der Waals surface area (Å²) in [4.78, 5) is 0. The molecule has 0 aromatic heterocycles. The lowest BCUT2D eigenvalue weighted by Gasteiger charge is -2.15. The maximum absolute atomic E-state index is 2.40. The Morgan fingerprint density at radius 2 is 0.630 bits per heavy atom. The first-order valence-corrected chi connectivity index (χ1v) is 15.9. The van der Waals surface area contributed by atoms with E-state index in [4.69, 9.17) is 0 Å². The minimum Gasteiger partial charge on any atom is -0.0622 e. The summed E-state index contributed by atoms with van der Waals surface area (Å²) < 4.78 is 0. The molecule has 0 saturated heterocycles. The van der Waals surface area contributed by atoms with Crippen LogP contribution in [0.1, 0.15) is 0 Å². The first kappa shape index (κ1) is 26.4. The van der Waals surface area contributed by atoms with Crippen LogP contribution in [0.3, 0.4) is 0 Å². The third kappa shape index (κ3) is 4.47. The molecule has 0 saturated carbocycles. The van der Waals surface area contributed by atoms with Gasteiger partial charge in [-0.15, -0.1) is 0 Å². The van der Waals surface area contributed by atoms with Crippen LogP contribution in [0.25, 0.3) is 87.6 Å². The summed E-state index contributed by atoms with van der Waals surface area (Å²) >= 11 is 0. The maximum atomic E-state index is 2.40. The Labute approximate surface area is 268 Å². The summed E-state index contributed by atoms with van der Waals surface area (Å²) in [6, 6.07) is 66.6. The Hall–Kier alpha value is -5.98. The van der Waals surface area contributed by atoms with Crippen molar-refractivity contribution in [2.45, 2.75) is 0 Å². The molecule has 0 unspecified atom stereocenters. The molecule has 0 aliphatic carbocycles. The van der Waals surface area contributed by atoms with E-state index in [1.165, 1.54) is 87.6 Å². The molecule has 0 N–H and O–H groups in total. The highest BCUT2D eigenvalue weighted by Crippen LogP contribution is 2.41. The number of fused-ring (bicyclic) bond motifs is 7. The fourth-order valence-electron chi connectivity index (χ4n) is 7.17. The monoisotopic (exact) mass is 582 g/mol. The van der Waals surface area contributed by atoms with Crippen molar-refractivity contribution in [3.8, 4) is 44.5 Å². The van der Waals surface area contributed by atoms with Crippen molar-refractivity contribution in [1.82, 2.24) is 0 Å². The summed E-state index contributed by atoms with van der Waals surface area (Å²) in [5.74, 6) is 0. The summed E-state index contributed by atoms with van der Waals surface area (Å²) in [5, 5.41) is 10.3. The second-order valence-corrected chi connectivity index (χ2v) is 12.1. The van der Waals surface area contributed by atoms with Gasteiger partial charge in [-0.2, -0.15) is 0 Å². The second kappa shape index (κ2) is 10.9. The summed E-state index contributed by atoms with van der Waals surface area (Å²) in [6.45, 7) is 0. The van der Waals surface area contributed by atoms with Crippen LogP contribution in [0.15, 0.2) is 182 Å². The molecule has 0 spiro atoms. The van der Waals surface area contributed by atoms with Crippen LogP contribution in [-0.4, -0.2) is 0 Å². The van der Waals surface area contributed by atoms with Gasteiger partial charge in [0.15, 0.2) is 0 Å². The lowest BCUT2D eigenvalue weighted by atomic mass is 9.88. The van der Waals surface area contributed by atoms with Gasteiger partial charge in [0.2, 0.25) is 0 Å². The second-order valence-electron chi connectivity index (χ2n) is 12.1. The largest absolute Gasteiger partial charge is 0.0622 e. The quantitative estimate of drug-likeness (QED) is 0.181. The van der Waals surface area contributed by atoms with Gasteiger partial charge in [-0.3, -0.25) is 0 Å². The Morgan fingerprint density at radius 3 is 1.24 bits per heavy atom. The van der Waals surface area contributed by atoms with Crippen molar-refractivity contribution in [3.63, 3.8) is 0 Å². The Kier molecular flexibility index (Phi) is 6.25. The van der Waals surface area contributed by atoms with Crippen LogP contribution in [0, 0.1) is 0 Å². The maximum Gasteiger partial charge on any atom is -0.00928 e. The van der Waals surface area contributed by atoms with Gasteiger partial charge in [0, 0.05) is 0 Å². The third-order valence-electron chi connectivity index (χ3n) is 9.42. The number of rotatable bonds is 4. The van der Waals surface area contributed by atoms with Gasteiger partial charge in [0.05, 0.1) is 0 Å². The van der Waals surface area contributed by atoms with Crippen LogP contribution in [0.2, 0.25) is 0 Å². The van der Waals surface area contributed by atoms with E-state index in [2.05, 4.69) is 182 Å². The van der Waals surface area contributed by atoms with E-state index in [1.54, 1.807) is 0 Å². The van der Waals surface area contributed by atoms with Gasteiger partial charge in [-0.1, -0.05) is 152 Å². The minimum atomic E-state index is 1.22. The molecule has 0 heterocycles. The molecule has 0 bridgehead atoms. The average molecular weight is 583 g/mol. The highest BCUT2D eigenvalue weighted by atomic mass is 14.2. The first-order chi connectivity index (χ1) is 22.8. The van der Waals surface area contributed by atoms with E-state index >= 15 is 0 Å². The van der Waals surface area contributed by atoms with E-state index in [-0.39, 0.29) is 0 Å². The number of hydrogen-bond acceptors (Lipinski definition) is 0. The summed E-state index contributed by atoms with van der Waals surface area (Å²) in [5.41, 5.74) is 9.85. The van der Waals surface area contributed by atoms with E-state index in [0.717, 1.165) is 0 Å². The van der Waals surface area contributed by atoms with E-state index in [1.807, 2.05) is 0 Å². The Morgan fingerprint density at radius 1 is 0.196 bits per heavy atom. The Balaban J connectivity index is 1.26. The van der Waals surface area contributed by atoms with E-state index < -0.39 is 0 Å². The molecule has 0 heteroatoms. The van der Waals surface area contributed by atoms with E-state index in [0.29, 0.717) is 0 Å². The average Bonchev–Trinajstić information content (AvgIpc) is 3.15. The zero-order valence-corrected chi connectivity index (χ0v) is 25.3. The van der Waals surface area contributed by atoms with Crippen LogP contribution < -0.4 is 0 Å². The molecule has 9 aromatic carbocycles. The molecule has 0 nitrogen and oxygen atoms in total. The predicted molar refractivity (Wildman–Crippen MR) is 198 cm³/mol. The summed E-state index contributed by atoms with van der Waals surface area (Å²) in [6.07, 6.45) is 0. The van der Waals surface area contributed by atoms with Crippen LogP contribution in [0.5, 0.6) is 0 Å². The lowest BCUT2D eigenvalue weighted by Crippen LogP contribution is -1.88. The van der Waals surface area contributed by atoms with Gasteiger partial charge < -0.3 is 0 Å². The highest BCUT2D eigenvalue weighted by molar-refractivity contribution is 6.26. The van der Waals surface area contributed by atoms with Crippen molar-refractivity contribution >= 4 is 43.1 Å². The van der Waals surface area contributed by atoms with Crippen molar-refractivity contribution in [2.24, 2.45) is 0 Å². The molecule has 0 atom stereocenters. The first-order valence-electron chi connectivity index (χ1n) is 15.9. The fourth-order valence-corrected chi connectivity index (χ4v) is 7.17. The zero-order valence-electron chi connectivity index (χ0n) is 25.3. The normalized spacial score (nSPS) is 11.5. The molecule has 214 valence electrons. The molecule has 0 radical (unpaired) electrons. The SMILES string of the molecule is c1ccc(-c2cc(-c3ccccc3)cc(-c3ccc4c5ccc(-c6cccc7ccccc67)cc5c5ccccc5c4c3)c2)cc1. The Bertz CT molecular complexity index is 2470. The molecule has 0 aliphatic heterocycles. The molecular formula is C46H30. The topological polar surface area (TPSA) is 0 Å². The van der Waals surface area contributed by atoms with Crippen molar-refractivity contribution in [1.29, 1.82) is 0 Å².